The Balaban J connectivity index is 1.41. The van der Waals surface area contributed by atoms with E-state index in [0.29, 0.717) is 17.9 Å². The number of carbonyl (C=O) groups is 1. The van der Waals surface area contributed by atoms with Crippen molar-refractivity contribution in [2.75, 3.05) is 0 Å². The van der Waals surface area contributed by atoms with Gasteiger partial charge in [-0.3, -0.25) is 4.79 Å². The minimum Gasteiger partial charge on any atom is -0.294 e. The van der Waals surface area contributed by atoms with Gasteiger partial charge in [0.05, 0.1) is 0 Å². The van der Waals surface area contributed by atoms with Crippen LogP contribution in [0.15, 0.2) is 24.3 Å². The fourth-order valence-corrected chi connectivity index (χ4v) is 8.54. The standard InChI is InChI=1S/C26H37BO/c1-3-26(4-2,27-11-5-6-12-27)24(28)22-7-9-23(10-8-22)25-16-19-13-20(17-25)15-21(14-19)18-25/h7-10,19-21H,3-6,11-18H2,1-2H3. The van der Waals surface area contributed by atoms with Crippen molar-refractivity contribution in [2.24, 2.45) is 17.8 Å². The summed E-state index contributed by atoms with van der Waals surface area (Å²) >= 11 is 0. The molecule has 1 heterocycles. The molecule has 28 heavy (non-hydrogen) atoms. The Bertz CT molecular complexity index is 688. The summed E-state index contributed by atoms with van der Waals surface area (Å²) in [5.74, 6) is 3.36. The minimum atomic E-state index is -0.126. The van der Waals surface area contributed by atoms with Crippen molar-refractivity contribution < 1.29 is 4.79 Å². The van der Waals surface area contributed by atoms with Crippen LogP contribution in [0.3, 0.4) is 0 Å². The first-order valence-electron chi connectivity index (χ1n) is 12.2. The van der Waals surface area contributed by atoms with E-state index in [-0.39, 0.29) is 5.31 Å². The Labute approximate surface area is 172 Å². The topological polar surface area (TPSA) is 17.1 Å². The van der Waals surface area contributed by atoms with E-state index in [1.54, 1.807) is 5.56 Å². The number of hydrogen-bond donors (Lipinski definition) is 0. The second-order valence-electron chi connectivity index (χ2n) is 10.9. The van der Waals surface area contributed by atoms with E-state index >= 15 is 0 Å². The first-order chi connectivity index (χ1) is 13.6. The zero-order valence-electron chi connectivity index (χ0n) is 18.0. The lowest BCUT2D eigenvalue weighted by Gasteiger charge is -2.57. The van der Waals surface area contributed by atoms with Crippen LogP contribution < -0.4 is 0 Å². The van der Waals surface area contributed by atoms with Crippen LogP contribution in [0.2, 0.25) is 18.0 Å². The molecule has 1 aromatic rings. The van der Waals surface area contributed by atoms with Crippen molar-refractivity contribution in [3.05, 3.63) is 35.4 Å². The molecule has 5 fully saturated rings. The van der Waals surface area contributed by atoms with Gasteiger partial charge in [-0.2, -0.15) is 0 Å². The number of ketones is 1. The molecule has 4 saturated carbocycles. The third kappa shape index (κ3) is 2.84. The number of hydrogen-bond acceptors (Lipinski definition) is 1. The molecule has 0 amide bonds. The van der Waals surface area contributed by atoms with Crippen molar-refractivity contribution in [3.63, 3.8) is 0 Å². The van der Waals surface area contributed by atoms with Gasteiger partial charge in [0.15, 0.2) is 12.5 Å². The first-order valence-corrected chi connectivity index (χ1v) is 12.2. The van der Waals surface area contributed by atoms with Gasteiger partial charge in [0.2, 0.25) is 0 Å². The quantitative estimate of drug-likeness (QED) is 0.379. The summed E-state index contributed by atoms with van der Waals surface area (Å²) < 4.78 is 0. The van der Waals surface area contributed by atoms with Crippen LogP contribution in [0.25, 0.3) is 0 Å². The molecule has 1 aromatic carbocycles. The third-order valence-electron chi connectivity index (χ3n) is 9.65. The summed E-state index contributed by atoms with van der Waals surface area (Å²) in [4.78, 5) is 13.7. The maximum absolute atomic E-state index is 13.7. The summed E-state index contributed by atoms with van der Waals surface area (Å²) in [7, 11) is 0. The normalized spacial score (nSPS) is 34.2. The van der Waals surface area contributed by atoms with E-state index in [9.17, 15) is 4.79 Å². The van der Waals surface area contributed by atoms with Crippen LogP contribution in [0.5, 0.6) is 0 Å². The molecule has 1 aliphatic heterocycles. The molecule has 4 bridgehead atoms. The Morgan fingerprint density at radius 3 is 1.89 bits per heavy atom. The molecule has 6 rings (SSSR count). The van der Waals surface area contributed by atoms with Crippen LogP contribution in [0.1, 0.15) is 94.0 Å². The second kappa shape index (κ2) is 7.03. The molecule has 0 N–H and O–H groups in total. The monoisotopic (exact) mass is 376 g/mol. The molecule has 0 unspecified atom stereocenters. The van der Waals surface area contributed by atoms with Gasteiger partial charge in [-0.15, -0.1) is 0 Å². The van der Waals surface area contributed by atoms with Crippen molar-refractivity contribution in [2.45, 2.75) is 101 Å². The summed E-state index contributed by atoms with van der Waals surface area (Å²) in [5.41, 5.74) is 2.96. The molecule has 0 aromatic heterocycles. The van der Waals surface area contributed by atoms with E-state index in [2.05, 4.69) is 38.1 Å². The van der Waals surface area contributed by atoms with Crippen molar-refractivity contribution >= 4 is 12.5 Å². The van der Waals surface area contributed by atoms with Crippen LogP contribution in [0.4, 0.5) is 0 Å². The van der Waals surface area contributed by atoms with Crippen LogP contribution >= 0.6 is 0 Å². The molecule has 0 radical (unpaired) electrons. The predicted molar refractivity (Wildman–Crippen MR) is 118 cm³/mol. The lowest BCUT2D eigenvalue weighted by atomic mass is 9.29. The number of rotatable bonds is 6. The third-order valence-corrected chi connectivity index (χ3v) is 9.65. The van der Waals surface area contributed by atoms with Gasteiger partial charge in [-0.1, -0.05) is 63.6 Å². The maximum Gasteiger partial charge on any atom is 0.161 e. The van der Waals surface area contributed by atoms with Crippen molar-refractivity contribution in [1.29, 1.82) is 0 Å². The van der Waals surface area contributed by atoms with Crippen molar-refractivity contribution in [3.8, 4) is 0 Å². The highest BCUT2D eigenvalue weighted by atomic mass is 16.1. The van der Waals surface area contributed by atoms with E-state index in [1.807, 2.05) is 0 Å². The molecular formula is C26H37BO. The Morgan fingerprint density at radius 1 is 0.929 bits per heavy atom. The molecule has 0 spiro atoms. The zero-order chi connectivity index (χ0) is 19.4. The SMILES string of the molecule is CCC(CC)(B1CCCC1)C(=O)c1ccc(C23CC4CC(CC(C4)C2)C3)cc1. The zero-order valence-corrected chi connectivity index (χ0v) is 18.0. The summed E-state index contributed by atoms with van der Waals surface area (Å²) in [6.45, 7) is 5.07. The van der Waals surface area contributed by atoms with Gasteiger partial charge < -0.3 is 0 Å². The fraction of sp³-hybridized carbons (Fsp3) is 0.731. The van der Waals surface area contributed by atoms with Gasteiger partial charge in [0.25, 0.3) is 0 Å². The lowest BCUT2D eigenvalue weighted by molar-refractivity contribution is -0.00519. The predicted octanol–water partition coefficient (Wildman–Crippen LogP) is 7.19. The molecule has 0 atom stereocenters. The van der Waals surface area contributed by atoms with Crippen molar-refractivity contribution in [1.82, 2.24) is 0 Å². The average Bonchev–Trinajstić information content (AvgIpc) is 3.24. The van der Waals surface area contributed by atoms with Crippen LogP contribution in [0, 0.1) is 17.8 Å². The van der Waals surface area contributed by atoms with E-state index in [0.717, 1.165) is 36.2 Å². The maximum atomic E-state index is 13.7. The van der Waals surface area contributed by atoms with Gasteiger partial charge in [-0.05, 0) is 80.1 Å². The molecule has 150 valence electrons. The minimum absolute atomic E-state index is 0.126. The summed E-state index contributed by atoms with van der Waals surface area (Å²) in [5, 5.41) is -0.126. The Morgan fingerprint density at radius 2 is 1.43 bits per heavy atom. The van der Waals surface area contributed by atoms with E-state index in [1.165, 1.54) is 64.0 Å². The highest BCUT2D eigenvalue weighted by Crippen LogP contribution is 2.60. The second-order valence-corrected chi connectivity index (χ2v) is 10.9. The van der Waals surface area contributed by atoms with E-state index in [4.69, 9.17) is 0 Å². The lowest BCUT2D eigenvalue weighted by Crippen LogP contribution is -2.48. The Kier molecular flexibility index (Phi) is 4.76. The fourth-order valence-electron chi connectivity index (χ4n) is 8.54. The molecule has 2 heteroatoms. The average molecular weight is 376 g/mol. The van der Waals surface area contributed by atoms with Gasteiger partial charge in [0, 0.05) is 10.9 Å². The van der Waals surface area contributed by atoms with Crippen LogP contribution in [-0.4, -0.2) is 12.5 Å². The highest BCUT2D eigenvalue weighted by molar-refractivity contribution is 6.68. The smallest absolute Gasteiger partial charge is 0.161 e. The van der Waals surface area contributed by atoms with Crippen LogP contribution in [-0.2, 0) is 5.41 Å². The van der Waals surface area contributed by atoms with E-state index < -0.39 is 0 Å². The molecule has 1 nitrogen and oxygen atoms in total. The molecule has 4 aliphatic carbocycles. The molecular weight excluding hydrogens is 339 g/mol. The summed E-state index contributed by atoms with van der Waals surface area (Å²) in [6.07, 6.45) is 15.8. The molecule has 1 saturated heterocycles. The number of benzene rings is 1. The van der Waals surface area contributed by atoms with Gasteiger partial charge in [0.1, 0.15) is 0 Å². The first kappa shape index (κ1) is 19.0. The van der Waals surface area contributed by atoms with Gasteiger partial charge in [-0.25, -0.2) is 0 Å². The van der Waals surface area contributed by atoms with Gasteiger partial charge >= 0.3 is 0 Å². The molecule has 5 aliphatic rings. The summed E-state index contributed by atoms with van der Waals surface area (Å²) in [6, 6.07) is 9.10. The Hall–Kier alpha value is -1.05. The largest absolute Gasteiger partial charge is 0.294 e. The number of Topliss-reactive ketones (excluding diaryl/α,β-unsaturated/α-hetero) is 1. The highest BCUT2D eigenvalue weighted by Gasteiger charge is 2.51. The number of carbonyl (C=O) groups excluding carboxylic acids is 1.